The van der Waals surface area contributed by atoms with Crippen LogP contribution in [0.1, 0.15) is 42.9 Å². The van der Waals surface area contributed by atoms with Crippen molar-refractivity contribution in [2.24, 2.45) is 22.6 Å². The Labute approximate surface area is 211 Å². The summed E-state index contributed by atoms with van der Waals surface area (Å²) in [5.41, 5.74) is 10.7. The van der Waals surface area contributed by atoms with Gasteiger partial charge in [-0.25, -0.2) is 13.8 Å². The highest BCUT2D eigenvalue weighted by molar-refractivity contribution is 6.30. The van der Waals surface area contributed by atoms with Crippen LogP contribution in [0.4, 0.5) is 8.78 Å². The second-order valence-corrected chi connectivity index (χ2v) is 10.2. The summed E-state index contributed by atoms with van der Waals surface area (Å²) in [6.45, 7) is 1.28. The first-order valence-electron chi connectivity index (χ1n) is 12.2. The quantitative estimate of drug-likeness (QED) is 0.314. The summed E-state index contributed by atoms with van der Waals surface area (Å²) in [7, 11) is 1.60. The molecule has 1 fully saturated rings. The zero-order chi connectivity index (χ0) is 24.9. The van der Waals surface area contributed by atoms with Gasteiger partial charge in [-0.2, -0.15) is 0 Å². The van der Waals surface area contributed by atoms with E-state index in [2.05, 4.69) is 18.2 Å². The van der Waals surface area contributed by atoms with Gasteiger partial charge in [0.2, 0.25) is 6.41 Å². The fourth-order valence-corrected chi connectivity index (χ4v) is 5.63. The lowest BCUT2D eigenvalue weighted by Gasteiger charge is -2.37. The maximum Gasteiger partial charge on any atom is 0.251 e. The molecular formula is C27H33ClF2N4O. The molecule has 0 bridgehead atoms. The molecule has 35 heavy (non-hydrogen) atoms. The molecule has 4 rings (SSSR count). The summed E-state index contributed by atoms with van der Waals surface area (Å²) >= 11 is 6.23. The number of benzene rings is 2. The number of aliphatic imine (C=N–C) groups is 1. The molecule has 1 unspecified atom stereocenters. The van der Waals surface area contributed by atoms with Gasteiger partial charge in [-0.15, -0.1) is 0 Å². The predicted molar refractivity (Wildman–Crippen MR) is 137 cm³/mol. The lowest BCUT2D eigenvalue weighted by atomic mass is 9.74. The van der Waals surface area contributed by atoms with Gasteiger partial charge in [0.1, 0.15) is 0 Å². The Hall–Kier alpha value is -2.51. The molecule has 1 heterocycles. The predicted octanol–water partition coefficient (Wildman–Crippen LogP) is 5.38. The standard InChI is InChI=1S/C27H33ClF2N4O/c1-33(17-35)27(31)32-26-22(13-18-9-11-34(12-10-18)16-25(29)30)8-6-19-5-7-21(15-24(19)26)20-3-2-4-23(28)14-20/h2-5,7,14-15,17-18,22,25-26H,6,8-13,16H2,1H3,(H2,31,32)/t22-,26?/m1/s1. The lowest BCUT2D eigenvalue weighted by molar-refractivity contribution is -0.114. The molecule has 188 valence electrons. The molecule has 1 aliphatic heterocycles. The molecule has 2 aromatic carbocycles. The number of aryl methyl sites for hydroxylation is 1. The van der Waals surface area contributed by atoms with Crippen LogP contribution < -0.4 is 5.73 Å². The topological polar surface area (TPSA) is 61.9 Å². The molecule has 8 heteroatoms. The van der Waals surface area contributed by atoms with Crippen LogP contribution >= 0.6 is 11.6 Å². The van der Waals surface area contributed by atoms with E-state index < -0.39 is 6.43 Å². The number of amides is 1. The van der Waals surface area contributed by atoms with Gasteiger partial charge in [-0.3, -0.25) is 14.6 Å². The highest BCUT2D eigenvalue weighted by atomic mass is 35.5. The number of hydrogen-bond donors (Lipinski definition) is 1. The first-order valence-corrected chi connectivity index (χ1v) is 12.6. The van der Waals surface area contributed by atoms with Crippen molar-refractivity contribution < 1.29 is 13.6 Å². The van der Waals surface area contributed by atoms with E-state index in [4.69, 9.17) is 22.3 Å². The SMILES string of the molecule is CN(C=O)C(N)=NC1c2cc(-c3cccc(Cl)c3)ccc2CC[C@@H]1CC1CCN(CC(F)F)CC1. The monoisotopic (exact) mass is 502 g/mol. The first-order chi connectivity index (χ1) is 16.8. The van der Waals surface area contributed by atoms with Gasteiger partial charge in [0.05, 0.1) is 12.6 Å². The van der Waals surface area contributed by atoms with Crippen molar-refractivity contribution in [2.45, 2.75) is 44.6 Å². The molecule has 0 spiro atoms. The number of alkyl halides is 2. The maximum absolute atomic E-state index is 12.8. The van der Waals surface area contributed by atoms with Crippen molar-refractivity contribution in [2.75, 3.05) is 26.7 Å². The Morgan fingerprint density at radius 3 is 2.63 bits per heavy atom. The molecular weight excluding hydrogens is 470 g/mol. The average molecular weight is 503 g/mol. The van der Waals surface area contributed by atoms with Crippen LogP contribution in [0.2, 0.25) is 5.02 Å². The number of carbonyl (C=O) groups excluding carboxylic acids is 1. The van der Waals surface area contributed by atoms with Crippen LogP contribution in [0.25, 0.3) is 11.1 Å². The third-order valence-electron chi connectivity index (χ3n) is 7.38. The van der Waals surface area contributed by atoms with Crippen LogP contribution in [-0.4, -0.2) is 55.3 Å². The average Bonchev–Trinajstić information content (AvgIpc) is 2.85. The van der Waals surface area contributed by atoms with E-state index in [0.29, 0.717) is 30.4 Å². The Morgan fingerprint density at radius 2 is 1.94 bits per heavy atom. The molecule has 1 amide bonds. The van der Waals surface area contributed by atoms with Gasteiger partial charge in [0, 0.05) is 12.1 Å². The third-order valence-corrected chi connectivity index (χ3v) is 7.62. The molecule has 1 aliphatic carbocycles. The number of nitrogens with zero attached hydrogens (tertiary/aromatic N) is 3. The minimum Gasteiger partial charge on any atom is -0.369 e. The largest absolute Gasteiger partial charge is 0.369 e. The van der Waals surface area contributed by atoms with E-state index in [1.807, 2.05) is 29.2 Å². The zero-order valence-electron chi connectivity index (χ0n) is 20.0. The zero-order valence-corrected chi connectivity index (χ0v) is 20.8. The first kappa shape index (κ1) is 25.6. The van der Waals surface area contributed by atoms with E-state index in [0.717, 1.165) is 48.8 Å². The van der Waals surface area contributed by atoms with Gasteiger partial charge in [0.15, 0.2) is 5.96 Å². The molecule has 2 aromatic rings. The minimum atomic E-state index is -2.29. The summed E-state index contributed by atoms with van der Waals surface area (Å²) in [5, 5.41) is 0.683. The fraction of sp³-hybridized carbons (Fsp3) is 0.481. The van der Waals surface area contributed by atoms with Crippen LogP contribution in [-0.2, 0) is 11.2 Å². The Bertz CT molecular complexity index is 1060. The number of rotatable bonds is 7. The summed E-state index contributed by atoms with van der Waals surface area (Å²) in [5.74, 6) is 0.930. The van der Waals surface area contributed by atoms with Crippen molar-refractivity contribution in [3.8, 4) is 11.1 Å². The summed E-state index contributed by atoms with van der Waals surface area (Å²) in [6.07, 6.45) is 3.11. The van der Waals surface area contributed by atoms with Crippen molar-refractivity contribution in [1.82, 2.24) is 9.80 Å². The van der Waals surface area contributed by atoms with Gasteiger partial charge in [-0.05, 0) is 97.5 Å². The molecule has 2 N–H and O–H groups in total. The number of halogens is 3. The fourth-order valence-electron chi connectivity index (χ4n) is 5.44. The van der Waals surface area contributed by atoms with Crippen molar-refractivity contribution in [3.05, 3.63) is 58.6 Å². The molecule has 0 radical (unpaired) electrons. The van der Waals surface area contributed by atoms with E-state index in [1.165, 1.54) is 10.5 Å². The maximum atomic E-state index is 12.8. The third kappa shape index (κ3) is 6.39. The van der Waals surface area contributed by atoms with Gasteiger partial charge in [-0.1, -0.05) is 35.9 Å². The van der Waals surface area contributed by atoms with E-state index in [-0.39, 0.29) is 24.5 Å². The van der Waals surface area contributed by atoms with Gasteiger partial charge < -0.3 is 5.73 Å². The number of nitrogens with two attached hydrogens (primary N) is 1. The number of likely N-dealkylation sites (tertiary alicyclic amines) is 1. The molecule has 2 atom stereocenters. The van der Waals surface area contributed by atoms with E-state index in [1.54, 1.807) is 7.05 Å². The number of fused-ring (bicyclic) bond motifs is 1. The molecule has 0 saturated carbocycles. The summed E-state index contributed by atoms with van der Waals surface area (Å²) < 4.78 is 25.5. The summed E-state index contributed by atoms with van der Waals surface area (Å²) in [6, 6.07) is 14.1. The van der Waals surface area contributed by atoms with E-state index in [9.17, 15) is 13.6 Å². The number of carbonyl (C=O) groups is 1. The van der Waals surface area contributed by atoms with Crippen LogP contribution in [0.5, 0.6) is 0 Å². The second kappa shape index (κ2) is 11.5. The summed E-state index contributed by atoms with van der Waals surface area (Å²) in [4.78, 5) is 19.3. The normalized spacial score (nSPS) is 21.7. The van der Waals surface area contributed by atoms with Crippen LogP contribution in [0.3, 0.4) is 0 Å². The number of guanidine groups is 1. The van der Waals surface area contributed by atoms with Crippen molar-refractivity contribution in [3.63, 3.8) is 0 Å². The Balaban J connectivity index is 1.60. The van der Waals surface area contributed by atoms with Crippen LogP contribution in [0.15, 0.2) is 47.5 Å². The Morgan fingerprint density at radius 1 is 1.20 bits per heavy atom. The van der Waals surface area contributed by atoms with Crippen molar-refractivity contribution >= 4 is 24.0 Å². The molecule has 0 aromatic heterocycles. The Kier molecular flexibility index (Phi) is 8.39. The van der Waals surface area contributed by atoms with E-state index >= 15 is 0 Å². The molecule has 5 nitrogen and oxygen atoms in total. The van der Waals surface area contributed by atoms with Crippen LogP contribution in [0, 0.1) is 11.8 Å². The smallest absolute Gasteiger partial charge is 0.251 e. The highest BCUT2D eigenvalue weighted by Crippen LogP contribution is 2.43. The number of hydrogen-bond acceptors (Lipinski definition) is 3. The van der Waals surface area contributed by atoms with Gasteiger partial charge in [0.25, 0.3) is 6.43 Å². The van der Waals surface area contributed by atoms with Gasteiger partial charge >= 0.3 is 0 Å². The highest BCUT2D eigenvalue weighted by Gasteiger charge is 2.33. The minimum absolute atomic E-state index is 0.142. The van der Waals surface area contributed by atoms with Crippen molar-refractivity contribution in [1.29, 1.82) is 0 Å². The number of piperidine rings is 1. The molecule has 2 aliphatic rings. The molecule has 1 saturated heterocycles. The lowest BCUT2D eigenvalue weighted by Crippen LogP contribution is -2.38. The second-order valence-electron chi connectivity index (χ2n) is 9.74.